The molecule has 0 aromatic carbocycles. The standard InChI is InChI=1S/C21H24N6O/c1-14-10-16(13-24-21(14)28-9-6-15-4-3-7-23-12-15)19-17-5-8-27(2)20(17)26-18(11-22)25-19/h5,8,10,13,15,23H,3-4,6-7,9,12H2,1-2H3. The molecule has 4 heterocycles. The first-order chi connectivity index (χ1) is 13.7. The van der Waals surface area contributed by atoms with Crippen molar-refractivity contribution in [1.82, 2.24) is 24.8 Å². The second kappa shape index (κ2) is 7.95. The first kappa shape index (κ1) is 18.4. The van der Waals surface area contributed by atoms with Crippen molar-refractivity contribution < 1.29 is 4.74 Å². The summed E-state index contributed by atoms with van der Waals surface area (Å²) in [5.41, 5.74) is 3.27. The highest BCUT2D eigenvalue weighted by Gasteiger charge is 2.15. The van der Waals surface area contributed by atoms with Crippen molar-refractivity contribution in [2.45, 2.75) is 26.2 Å². The zero-order valence-corrected chi connectivity index (χ0v) is 16.3. The first-order valence-corrected chi connectivity index (χ1v) is 9.69. The number of aromatic nitrogens is 4. The number of aryl methyl sites for hydroxylation is 2. The molecule has 1 N–H and O–H groups in total. The molecule has 1 saturated heterocycles. The Morgan fingerprint density at radius 1 is 1.39 bits per heavy atom. The van der Waals surface area contributed by atoms with Gasteiger partial charge in [0.05, 0.1) is 12.3 Å². The van der Waals surface area contributed by atoms with Crippen LogP contribution in [0.3, 0.4) is 0 Å². The molecule has 7 heteroatoms. The fourth-order valence-corrected chi connectivity index (χ4v) is 3.74. The molecule has 0 spiro atoms. The Morgan fingerprint density at radius 3 is 3.04 bits per heavy atom. The number of nitriles is 1. The topological polar surface area (TPSA) is 88.7 Å². The zero-order chi connectivity index (χ0) is 19.5. The third kappa shape index (κ3) is 3.69. The number of nitrogens with zero attached hydrogens (tertiary/aromatic N) is 5. The summed E-state index contributed by atoms with van der Waals surface area (Å²) in [4.78, 5) is 13.2. The van der Waals surface area contributed by atoms with Crippen LogP contribution < -0.4 is 10.1 Å². The molecule has 0 bridgehead atoms. The fourth-order valence-electron chi connectivity index (χ4n) is 3.74. The van der Waals surface area contributed by atoms with Gasteiger partial charge in [-0.2, -0.15) is 5.26 Å². The van der Waals surface area contributed by atoms with Crippen molar-refractivity contribution in [2.24, 2.45) is 13.0 Å². The highest BCUT2D eigenvalue weighted by molar-refractivity contribution is 5.91. The van der Waals surface area contributed by atoms with Crippen LogP contribution in [-0.2, 0) is 7.05 Å². The summed E-state index contributed by atoms with van der Waals surface area (Å²) in [6, 6.07) is 6.02. The van der Waals surface area contributed by atoms with E-state index in [1.807, 2.05) is 42.9 Å². The smallest absolute Gasteiger partial charge is 0.234 e. The van der Waals surface area contributed by atoms with Gasteiger partial charge < -0.3 is 14.6 Å². The largest absolute Gasteiger partial charge is 0.477 e. The number of pyridine rings is 1. The van der Waals surface area contributed by atoms with Gasteiger partial charge in [0.15, 0.2) is 0 Å². The van der Waals surface area contributed by atoms with Gasteiger partial charge in [-0.05, 0) is 57.3 Å². The maximum absolute atomic E-state index is 9.28. The molecule has 1 aliphatic rings. The normalized spacial score (nSPS) is 16.8. The van der Waals surface area contributed by atoms with Gasteiger partial charge in [-0.3, -0.25) is 0 Å². The predicted octanol–water partition coefficient (Wildman–Crippen LogP) is 2.98. The molecule has 3 aromatic rings. The molecule has 3 aromatic heterocycles. The lowest BCUT2D eigenvalue weighted by Crippen LogP contribution is -2.30. The number of hydrogen-bond donors (Lipinski definition) is 1. The van der Waals surface area contributed by atoms with Crippen molar-refractivity contribution >= 4 is 11.0 Å². The summed E-state index contributed by atoms with van der Waals surface area (Å²) in [6.45, 7) is 4.87. The minimum absolute atomic E-state index is 0.156. The lowest BCUT2D eigenvalue weighted by Gasteiger charge is -2.22. The maximum atomic E-state index is 9.28. The van der Waals surface area contributed by atoms with Gasteiger partial charge >= 0.3 is 0 Å². The summed E-state index contributed by atoms with van der Waals surface area (Å²) in [6.07, 6.45) is 7.23. The molecule has 4 rings (SSSR count). The highest BCUT2D eigenvalue weighted by atomic mass is 16.5. The minimum atomic E-state index is 0.156. The summed E-state index contributed by atoms with van der Waals surface area (Å²) < 4.78 is 7.83. The average Bonchev–Trinajstić information content (AvgIpc) is 3.10. The summed E-state index contributed by atoms with van der Waals surface area (Å²) in [7, 11) is 1.91. The van der Waals surface area contributed by atoms with E-state index in [1.54, 1.807) is 6.20 Å². The molecule has 0 aliphatic carbocycles. The maximum Gasteiger partial charge on any atom is 0.234 e. The molecule has 1 aliphatic heterocycles. The fraction of sp³-hybridized carbons (Fsp3) is 0.429. The molecule has 1 atom stereocenters. The average molecular weight is 376 g/mol. The van der Waals surface area contributed by atoms with Crippen molar-refractivity contribution in [3.63, 3.8) is 0 Å². The van der Waals surface area contributed by atoms with Gasteiger partial charge in [0.25, 0.3) is 0 Å². The number of piperidine rings is 1. The van der Waals surface area contributed by atoms with E-state index < -0.39 is 0 Å². The molecular formula is C21H24N6O. The van der Waals surface area contributed by atoms with Crippen molar-refractivity contribution in [3.05, 3.63) is 35.9 Å². The van der Waals surface area contributed by atoms with E-state index in [0.29, 0.717) is 18.4 Å². The van der Waals surface area contributed by atoms with Crippen LogP contribution in [-0.4, -0.2) is 39.2 Å². The SMILES string of the molecule is Cc1cc(-c2nc(C#N)nc3c2ccn3C)cnc1OCCC1CCCNC1. The third-order valence-electron chi connectivity index (χ3n) is 5.29. The van der Waals surface area contributed by atoms with Crippen molar-refractivity contribution in [1.29, 1.82) is 5.26 Å². The van der Waals surface area contributed by atoms with E-state index in [4.69, 9.17) is 4.74 Å². The lowest BCUT2D eigenvalue weighted by molar-refractivity contribution is 0.246. The number of hydrogen-bond acceptors (Lipinski definition) is 6. The van der Waals surface area contributed by atoms with E-state index in [0.717, 1.165) is 47.4 Å². The van der Waals surface area contributed by atoms with Crippen molar-refractivity contribution in [3.8, 4) is 23.2 Å². The molecule has 28 heavy (non-hydrogen) atoms. The van der Waals surface area contributed by atoms with Gasteiger partial charge in [-0.25, -0.2) is 15.0 Å². The molecule has 144 valence electrons. The van der Waals surface area contributed by atoms with E-state index in [2.05, 4.69) is 20.3 Å². The monoisotopic (exact) mass is 376 g/mol. The summed E-state index contributed by atoms with van der Waals surface area (Å²) >= 11 is 0. The van der Waals surface area contributed by atoms with Gasteiger partial charge in [0.1, 0.15) is 11.7 Å². The molecule has 7 nitrogen and oxygen atoms in total. The quantitative estimate of drug-likeness (QED) is 0.736. The summed E-state index contributed by atoms with van der Waals surface area (Å²) in [5, 5.41) is 13.6. The van der Waals surface area contributed by atoms with Gasteiger partial charge in [0.2, 0.25) is 11.7 Å². The van der Waals surface area contributed by atoms with Crippen LogP contribution in [0.1, 0.15) is 30.7 Å². The van der Waals surface area contributed by atoms with Crippen molar-refractivity contribution in [2.75, 3.05) is 19.7 Å². The first-order valence-electron chi connectivity index (χ1n) is 9.69. The number of nitrogens with one attached hydrogen (secondary N) is 1. The number of fused-ring (bicyclic) bond motifs is 1. The Morgan fingerprint density at radius 2 is 2.29 bits per heavy atom. The molecule has 0 amide bonds. The van der Waals surface area contributed by atoms with E-state index in [-0.39, 0.29) is 5.82 Å². The Balaban J connectivity index is 1.55. The van der Waals surface area contributed by atoms with E-state index in [1.165, 1.54) is 12.8 Å². The Bertz CT molecular complexity index is 1030. The van der Waals surface area contributed by atoms with Gasteiger partial charge in [0, 0.05) is 36.0 Å². The van der Waals surface area contributed by atoms with Crippen LogP contribution in [0, 0.1) is 24.2 Å². The Labute approximate surface area is 164 Å². The van der Waals surface area contributed by atoms with Crippen LogP contribution in [0.4, 0.5) is 0 Å². The lowest BCUT2D eigenvalue weighted by atomic mass is 9.97. The Hall–Kier alpha value is -2.98. The van der Waals surface area contributed by atoms with Crippen LogP contribution in [0.15, 0.2) is 24.5 Å². The molecule has 1 fully saturated rings. The van der Waals surface area contributed by atoms with Gasteiger partial charge in [-0.1, -0.05) is 0 Å². The summed E-state index contributed by atoms with van der Waals surface area (Å²) in [5.74, 6) is 1.50. The molecule has 1 unspecified atom stereocenters. The highest BCUT2D eigenvalue weighted by Crippen LogP contribution is 2.29. The van der Waals surface area contributed by atoms with Crippen LogP contribution >= 0.6 is 0 Å². The molecule has 0 saturated carbocycles. The second-order valence-electron chi connectivity index (χ2n) is 7.37. The zero-order valence-electron chi connectivity index (χ0n) is 16.3. The van der Waals surface area contributed by atoms with Crippen LogP contribution in [0.25, 0.3) is 22.3 Å². The molecular weight excluding hydrogens is 352 g/mol. The molecule has 0 radical (unpaired) electrons. The van der Waals surface area contributed by atoms with Crippen LogP contribution in [0.2, 0.25) is 0 Å². The second-order valence-corrected chi connectivity index (χ2v) is 7.37. The minimum Gasteiger partial charge on any atom is -0.477 e. The Kier molecular flexibility index (Phi) is 5.22. The predicted molar refractivity (Wildman–Crippen MR) is 107 cm³/mol. The van der Waals surface area contributed by atoms with E-state index in [9.17, 15) is 5.26 Å². The van der Waals surface area contributed by atoms with Crippen LogP contribution in [0.5, 0.6) is 5.88 Å². The van der Waals surface area contributed by atoms with Gasteiger partial charge in [-0.15, -0.1) is 0 Å². The van der Waals surface area contributed by atoms with E-state index >= 15 is 0 Å². The number of ether oxygens (including phenoxy) is 1. The third-order valence-corrected chi connectivity index (χ3v) is 5.29. The number of rotatable bonds is 5.